The lowest BCUT2D eigenvalue weighted by Gasteiger charge is -2.18. The molecule has 0 unspecified atom stereocenters. The fourth-order valence-corrected chi connectivity index (χ4v) is 3.13. The summed E-state index contributed by atoms with van der Waals surface area (Å²) in [5.74, 6) is 1.65. The lowest BCUT2D eigenvalue weighted by molar-refractivity contribution is 0.414. The average Bonchev–Trinajstić information content (AvgIpc) is 3.44. The zero-order valence-corrected chi connectivity index (χ0v) is 16.8. The van der Waals surface area contributed by atoms with Crippen LogP contribution in [0, 0.1) is 0 Å². The van der Waals surface area contributed by atoms with Crippen molar-refractivity contribution in [1.29, 1.82) is 0 Å². The van der Waals surface area contributed by atoms with Crippen LogP contribution in [-0.4, -0.2) is 54.6 Å². The maximum Gasteiger partial charge on any atom is 0.240 e. The number of nitrogens with zero attached hydrogens (tertiary/aromatic N) is 8. The molecule has 0 saturated heterocycles. The first kappa shape index (κ1) is 19.1. The van der Waals surface area contributed by atoms with E-state index in [0.717, 1.165) is 0 Å². The number of ether oxygens (including phenoxy) is 2. The molecule has 0 amide bonds. The molecule has 0 spiro atoms. The second-order valence-electron chi connectivity index (χ2n) is 5.80. The third-order valence-electron chi connectivity index (χ3n) is 4.13. The van der Waals surface area contributed by atoms with Crippen LogP contribution in [0.2, 0.25) is 0 Å². The summed E-state index contributed by atoms with van der Waals surface area (Å²) in [5.41, 5.74) is 1.28. The minimum atomic E-state index is -1.74. The number of tetrazole rings is 2. The number of methoxy groups -OCH3 is 2. The Morgan fingerprint density at radius 3 is 1.41 bits per heavy atom. The van der Waals surface area contributed by atoms with E-state index in [1.807, 2.05) is 0 Å². The number of hydrogen-bond acceptors (Lipinski definition) is 8. The van der Waals surface area contributed by atoms with Crippen molar-refractivity contribution in [3.63, 3.8) is 0 Å². The van der Waals surface area contributed by atoms with Gasteiger partial charge in [-0.15, -0.1) is 10.2 Å². The molecule has 2 heterocycles. The van der Waals surface area contributed by atoms with Crippen LogP contribution in [0.1, 0.15) is 11.6 Å². The molecule has 0 atom stereocenters. The van der Waals surface area contributed by atoms with Crippen LogP contribution in [0.5, 0.6) is 11.5 Å². The van der Waals surface area contributed by atoms with E-state index in [9.17, 15) is 0 Å². The Kier molecular flexibility index (Phi) is 5.03. The summed E-state index contributed by atoms with van der Waals surface area (Å²) in [6.07, 6.45) is 0. The molecule has 29 heavy (non-hydrogen) atoms. The Labute approximate surface area is 174 Å². The molecule has 148 valence electrons. The van der Waals surface area contributed by atoms with Gasteiger partial charge in [-0.1, -0.05) is 23.2 Å². The molecule has 4 aromatic rings. The van der Waals surface area contributed by atoms with Gasteiger partial charge in [0, 0.05) is 0 Å². The lowest BCUT2D eigenvalue weighted by atomic mass is 10.2. The molecule has 0 aliphatic carbocycles. The van der Waals surface area contributed by atoms with Crippen molar-refractivity contribution in [3.8, 4) is 22.9 Å². The first-order valence-corrected chi connectivity index (χ1v) is 9.04. The van der Waals surface area contributed by atoms with Crippen LogP contribution in [0.3, 0.4) is 0 Å². The van der Waals surface area contributed by atoms with Crippen LogP contribution in [-0.2, 0) is 4.33 Å². The first-order valence-electron chi connectivity index (χ1n) is 8.29. The van der Waals surface area contributed by atoms with E-state index in [1.165, 1.54) is 9.36 Å². The summed E-state index contributed by atoms with van der Waals surface area (Å²) < 4.78 is 11.4. The molecule has 0 saturated carbocycles. The Morgan fingerprint density at radius 1 is 0.690 bits per heavy atom. The Morgan fingerprint density at radius 2 is 1.07 bits per heavy atom. The van der Waals surface area contributed by atoms with E-state index in [1.54, 1.807) is 62.8 Å². The van der Waals surface area contributed by atoms with Gasteiger partial charge in [0.25, 0.3) is 0 Å². The highest BCUT2D eigenvalue weighted by molar-refractivity contribution is 6.49. The van der Waals surface area contributed by atoms with Gasteiger partial charge in [-0.05, 0) is 69.4 Å². The average molecular weight is 433 g/mol. The van der Waals surface area contributed by atoms with Crippen molar-refractivity contribution in [1.82, 2.24) is 40.4 Å². The molecule has 0 aliphatic rings. The smallest absolute Gasteiger partial charge is 0.240 e. The maximum atomic E-state index is 6.69. The van der Waals surface area contributed by atoms with Gasteiger partial charge in [-0.3, -0.25) is 0 Å². The fourth-order valence-electron chi connectivity index (χ4n) is 2.66. The zero-order valence-electron chi connectivity index (χ0n) is 15.3. The summed E-state index contributed by atoms with van der Waals surface area (Å²) in [5, 5.41) is 23.4. The Hall–Kier alpha value is -3.24. The van der Waals surface area contributed by atoms with Crippen molar-refractivity contribution >= 4 is 23.2 Å². The summed E-state index contributed by atoms with van der Waals surface area (Å²) in [7, 11) is 3.16. The van der Waals surface area contributed by atoms with Crippen molar-refractivity contribution in [3.05, 3.63) is 60.2 Å². The summed E-state index contributed by atoms with van der Waals surface area (Å²) >= 11 is 13.4. The molecule has 12 heteroatoms. The van der Waals surface area contributed by atoms with Gasteiger partial charge >= 0.3 is 0 Å². The minimum Gasteiger partial charge on any atom is -0.497 e. The van der Waals surface area contributed by atoms with E-state index in [-0.39, 0.29) is 11.6 Å². The van der Waals surface area contributed by atoms with Crippen LogP contribution >= 0.6 is 23.2 Å². The number of hydrogen-bond donors (Lipinski definition) is 0. The van der Waals surface area contributed by atoms with Gasteiger partial charge in [0.15, 0.2) is 0 Å². The van der Waals surface area contributed by atoms with Gasteiger partial charge in [0.1, 0.15) is 11.5 Å². The normalized spacial score (nSPS) is 11.4. The molecule has 0 fully saturated rings. The number of benzene rings is 2. The van der Waals surface area contributed by atoms with Crippen LogP contribution in [0.4, 0.5) is 0 Å². The number of alkyl halides is 2. The van der Waals surface area contributed by atoms with Crippen molar-refractivity contribution in [2.45, 2.75) is 4.33 Å². The predicted octanol–water partition coefficient (Wildman–Crippen LogP) is 2.33. The van der Waals surface area contributed by atoms with Gasteiger partial charge in [0.05, 0.1) is 25.6 Å². The highest BCUT2D eigenvalue weighted by Crippen LogP contribution is 2.39. The molecule has 0 radical (unpaired) electrons. The molecular weight excluding hydrogens is 419 g/mol. The summed E-state index contributed by atoms with van der Waals surface area (Å²) in [4.78, 5) is 0. The molecular formula is C17H14Cl2N8O2. The third-order valence-corrected chi connectivity index (χ3v) is 4.81. The molecule has 2 aromatic heterocycles. The van der Waals surface area contributed by atoms with Gasteiger partial charge in [0.2, 0.25) is 16.0 Å². The first-order chi connectivity index (χ1) is 14.0. The molecule has 0 bridgehead atoms. The SMILES string of the molecule is COc1ccc(-n2nnnc2C(Cl)(Cl)c2nnnn2-c2ccc(OC)cc2)cc1. The quantitative estimate of drug-likeness (QED) is 0.427. The standard InChI is InChI=1S/C17H14Cl2N8O2/c1-28-13-7-3-11(4-8-13)26-15(20-22-24-26)17(18,19)16-21-23-25-27(16)12-5-9-14(29-2)10-6-12/h3-10H,1-2H3. The summed E-state index contributed by atoms with van der Waals surface area (Å²) in [6, 6.07) is 14.2. The lowest BCUT2D eigenvalue weighted by Crippen LogP contribution is -2.24. The van der Waals surface area contributed by atoms with E-state index >= 15 is 0 Å². The molecule has 4 rings (SSSR count). The van der Waals surface area contributed by atoms with Gasteiger partial charge < -0.3 is 9.47 Å². The van der Waals surface area contributed by atoms with E-state index < -0.39 is 4.33 Å². The number of halogens is 2. The minimum absolute atomic E-state index is 0.135. The van der Waals surface area contributed by atoms with E-state index in [2.05, 4.69) is 31.1 Å². The fraction of sp³-hybridized carbons (Fsp3) is 0.176. The number of rotatable bonds is 6. The summed E-state index contributed by atoms with van der Waals surface area (Å²) in [6.45, 7) is 0. The predicted molar refractivity (Wildman–Crippen MR) is 104 cm³/mol. The van der Waals surface area contributed by atoms with Crippen LogP contribution < -0.4 is 9.47 Å². The van der Waals surface area contributed by atoms with Crippen LogP contribution in [0.15, 0.2) is 48.5 Å². The zero-order chi connectivity index (χ0) is 20.4. The van der Waals surface area contributed by atoms with E-state index in [4.69, 9.17) is 32.7 Å². The van der Waals surface area contributed by atoms with E-state index in [0.29, 0.717) is 22.9 Å². The Bertz CT molecular complexity index is 1020. The molecule has 0 aliphatic heterocycles. The van der Waals surface area contributed by atoms with Crippen LogP contribution in [0.25, 0.3) is 11.4 Å². The highest BCUT2D eigenvalue weighted by Gasteiger charge is 2.41. The topological polar surface area (TPSA) is 106 Å². The molecule has 2 aromatic carbocycles. The van der Waals surface area contributed by atoms with Crippen molar-refractivity contribution in [2.24, 2.45) is 0 Å². The monoisotopic (exact) mass is 432 g/mol. The van der Waals surface area contributed by atoms with Gasteiger partial charge in [-0.2, -0.15) is 9.36 Å². The highest BCUT2D eigenvalue weighted by atomic mass is 35.5. The largest absolute Gasteiger partial charge is 0.497 e. The second kappa shape index (κ2) is 7.64. The second-order valence-corrected chi connectivity index (χ2v) is 7.13. The third kappa shape index (κ3) is 3.47. The maximum absolute atomic E-state index is 6.69. The van der Waals surface area contributed by atoms with Crippen molar-refractivity contribution < 1.29 is 9.47 Å². The molecule has 10 nitrogen and oxygen atoms in total. The molecule has 0 N–H and O–H groups in total. The Balaban J connectivity index is 1.75. The van der Waals surface area contributed by atoms with Crippen molar-refractivity contribution in [2.75, 3.05) is 14.2 Å². The number of aromatic nitrogens is 8. The van der Waals surface area contributed by atoms with Gasteiger partial charge in [-0.25, -0.2) is 0 Å².